The third kappa shape index (κ3) is 7.48. The molecule has 0 atom stereocenters. The average Bonchev–Trinajstić information content (AvgIpc) is 2.22. The van der Waals surface area contributed by atoms with E-state index in [0.717, 1.165) is 18.8 Å². The molecule has 2 nitrogen and oxygen atoms in total. The molecule has 1 aromatic carbocycles. The normalized spacial score (nSPS) is 10.2. The molecule has 0 heterocycles. The van der Waals surface area contributed by atoms with Gasteiger partial charge in [0.2, 0.25) is 0 Å². The Bertz CT molecular complexity index is 273. The minimum atomic E-state index is -1.33. The summed E-state index contributed by atoms with van der Waals surface area (Å²) in [6.45, 7) is 6.39. The van der Waals surface area contributed by atoms with Crippen LogP contribution < -0.4 is 10.6 Å². The van der Waals surface area contributed by atoms with Crippen LogP contribution in [0.25, 0.3) is 0 Å². The van der Waals surface area contributed by atoms with E-state index >= 15 is 0 Å². The van der Waals surface area contributed by atoms with Gasteiger partial charge in [-0.05, 0) is 38.1 Å². The number of rotatable bonds is 3. The van der Waals surface area contributed by atoms with Crippen LogP contribution in [-0.4, -0.2) is 13.1 Å². The number of nitrogen functional groups attached to an aromatic ring is 1. The van der Waals surface area contributed by atoms with Crippen LogP contribution in [0, 0.1) is 0 Å². The van der Waals surface area contributed by atoms with Crippen molar-refractivity contribution in [1.82, 2.24) is 0 Å². The summed E-state index contributed by atoms with van der Waals surface area (Å²) in [6, 6.07) is 7.99. The van der Waals surface area contributed by atoms with E-state index in [1.54, 1.807) is 0 Å². The molecule has 1 rings (SSSR count). The van der Waals surface area contributed by atoms with Crippen molar-refractivity contribution in [2.75, 3.05) is 23.7 Å². The summed E-state index contributed by atoms with van der Waals surface area (Å²) in [5.41, 5.74) is 7.66. The Morgan fingerprint density at radius 1 is 1.06 bits per heavy atom. The fourth-order valence-corrected chi connectivity index (χ4v) is 1.27. The summed E-state index contributed by atoms with van der Waals surface area (Å²) in [7, 11) is 14.7. The van der Waals surface area contributed by atoms with E-state index in [1.807, 2.05) is 12.1 Å². The van der Waals surface area contributed by atoms with Crippen LogP contribution in [0.2, 0.25) is 0 Å². The maximum absolute atomic E-state index is 5.59. The van der Waals surface area contributed by atoms with Gasteiger partial charge in [-0.3, -0.25) is 0 Å². The van der Waals surface area contributed by atoms with E-state index in [1.165, 1.54) is 5.69 Å². The molecule has 0 aromatic heterocycles. The molecule has 6 heteroatoms. The van der Waals surface area contributed by atoms with Crippen molar-refractivity contribution in [2.45, 2.75) is 13.8 Å². The van der Waals surface area contributed by atoms with Gasteiger partial charge >= 0.3 is 41.5 Å². The van der Waals surface area contributed by atoms with Crippen LogP contribution >= 0.6 is 30.3 Å². The van der Waals surface area contributed by atoms with Crippen molar-refractivity contribution in [3.05, 3.63) is 24.3 Å². The number of halogens is 3. The Hall–Kier alpha value is 0.209. The molecular weight excluding hydrogens is 310 g/mol. The summed E-state index contributed by atoms with van der Waals surface area (Å²) in [4.78, 5) is 2.29. The molecule has 0 aliphatic rings. The predicted molar refractivity (Wildman–Crippen MR) is 72.0 cm³/mol. The van der Waals surface area contributed by atoms with Crippen molar-refractivity contribution >= 4 is 41.7 Å². The van der Waals surface area contributed by atoms with Crippen LogP contribution in [0.4, 0.5) is 11.4 Å². The third-order valence-electron chi connectivity index (χ3n) is 2.02. The minimum absolute atomic E-state index is 0.825. The quantitative estimate of drug-likeness (QED) is 0.667. The molecule has 16 heavy (non-hydrogen) atoms. The van der Waals surface area contributed by atoms with Gasteiger partial charge < -0.3 is 10.6 Å². The molecule has 0 amide bonds. The molecule has 0 bridgehead atoms. The van der Waals surface area contributed by atoms with Gasteiger partial charge in [0.25, 0.3) is 0 Å². The molecule has 0 unspecified atom stereocenters. The summed E-state index contributed by atoms with van der Waals surface area (Å²) in [5, 5.41) is 0. The van der Waals surface area contributed by atoms with Crippen LogP contribution in [0.1, 0.15) is 13.8 Å². The molecule has 0 radical (unpaired) electrons. The van der Waals surface area contributed by atoms with Crippen molar-refractivity contribution in [2.24, 2.45) is 0 Å². The van der Waals surface area contributed by atoms with Crippen molar-refractivity contribution in [1.29, 1.82) is 0 Å². The molecule has 0 aliphatic carbocycles. The molecule has 0 saturated heterocycles. The van der Waals surface area contributed by atoms with Gasteiger partial charge in [0.1, 0.15) is 0 Å². The zero-order chi connectivity index (χ0) is 12.6. The molecule has 2 N–H and O–H groups in total. The van der Waals surface area contributed by atoms with Crippen molar-refractivity contribution in [3.63, 3.8) is 0 Å². The number of hydrogen-bond acceptors (Lipinski definition) is 2. The second-order valence-corrected chi connectivity index (χ2v) is 8.39. The summed E-state index contributed by atoms with van der Waals surface area (Å²) >= 11 is -1.33. The first-order chi connectivity index (χ1) is 7.51. The van der Waals surface area contributed by atoms with Crippen LogP contribution in [0.5, 0.6) is 0 Å². The van der Waals surface area contributed by atoms with Gasteiger partial charge in [-0.15, -0.1) is 0 Å². The van der Waals surface area contributed by atoms with E-state index in [0.29, 0.717) is 0 Å². The van der Waals surface area contributed by atoms with E-state index in [9.17, 15) is 0 Å². The Morgan fingerprint density at radius 2 is 1.44 bits per heavy atom. The first-order valence-electron chi connectivity index (χ1n) is 4.78. The number of hydrogen-bond donors (Lipinski definition) is 1. The average molecular weight is 326 g/mol. The second kappa shape index (κ2) is 9.26. The monoisotopic (exact) mass is 325 g/mol. The Labute approximate surface area is 114 Å². The molecular formula is C10H16Cl3FeN2. The number of benzene rings is 1. The van der Waals surface area contributed by atoms with Crippen LogP contribution in [0.15, 0.2) is 24.3 Å². The van der Waals surface area contributed by atoms with E-state index in [4.69, 9.17) is 36.0 Å². The Kier molecular flexibility index (Phi) is 9.38. The summed E-state index contributed by atoms with van der Waals surface area (Å²) < 4.78 is 0. The van der Waals surface area contributed by atoms with Gasteiger partial charge in [-0.25, -0.2) is 0 Å². The zero-order valence-electron chi connectivity index (χ0n) is 9.24. The SMILES string of the molecule is CCN(CC)c1ccc(N)cc1.[Cl][Fe]([Cl])[Cl]. The van der Waals surface area contributed by atoms with E-state index in [2.05, 4.69) is 30.9 Å². The van der Waals surface area contributed by atoms with Crippen molar-refractivity contribution in [3.8, 4) is 0 Å². The van der Waals surface area contributed by atoms with Gasteiger partial charge in [-0.2, -0.15) is 0 Å². The zero-order valence-corrected chi connectivity index (χ0v) is 12.6. The number of nitrogens with two attached hydrogens (primary N) is 1. The van der Waals surface area contributed by atoms with Crippen LogP contribution in [-0.2, 0) is 11.2 Å². The summed E-state index contributed by atoms with van der Waals surface area (Å²) in [6.07, 6.45) is 0. The number of anilines is 2. The predicted octanol–water partition coefficient (Wildman–Crippen LogP) is 4.18. The molecule has 1 aromatic rings. The second-order valence-electron chi connectivity index (χ2n) is 2.92. The molecule has 0 fully saturated rings. The first-order valence-corrected chi connectivity index (χ1v) is 9.34. The fraction of sp³-hybridized carbons (Fsp3) is 0.400. The molecule has 95 valence electrons. The molecule has 0 aliphatic heterocycles. The van der Waals surface area contributed by atoms with Gasteiger partial charge in [0, 0.05) is 24.5 Å². The molecule has 0 spiro atoms. The molecule has 0 saturated carbocycles. The van der Waals surface area contributed by atoms with Gasteiger partial charge in [0.05, 0.1) is 0 Å². The topological polar surface area (TPSA) is 29.3 Å². The first kappa shape index (κ1) is 16.2. The number of nitrogens with zero attached hydrogens (tertiary/aromatic N) is 1. The fourth-order valence-electron chi connectivity index (χ4n) is 1.27. The maximum atomic E-state index is 5.59. The van der Waals surface area contributed by atoms with Crippen LogP contribution in [0.3, 0.4) is 0 Å². The standard InChI is InChI=1S/C10H16N2.3ClH.Fe/c1-3-12(4-2)10-7-5-9(11)6-8-10;;;;/h5-8H,3-4,11H2,1-2H3;3*1H;/q;;;;+3/p-3. The van der Waals surface area contributed by atoms with Gasteiger partial charge in [-0.1, -0.05) is 0 Å². The van der Waals surface area contributed by atoms with Crippen molar-refractivity contribution < 1.29 is 11.2 Å². The summed E-state index contributed by atoms with van der Waals surface area (Å²) in [5.74, 6) is 0. The Morgan fingerprint density at radius 3 is 1.75 bits per heavy atom. The van der Waals surface area contributed by atoms with Gasteiger partial charge in [0.15, 0.2) is 0 Å². The van der Waals surface area contributed by atoms with E-state index in [-0.39, 0.29) is 0 Å². The Balaban J connectivity index is 0.000000487. The van der Waals surface area contributed by atoms with E-state index < -0.39 is 11.2 Å². The third-order valence-corrected chi connectivity index (χ3v) is 2.02.